The van der Waals surface area contributed by atoms with Crippen molar-refractivity contribution >= 4 is 28.7 Å². The van der Waals surface area contributed by atoms with Crippen LogP contribution in [0.15, 0.2) is 42.5 Å². The van der Waals surface area contributed by atoms with Gasteiger partial charge in [-0.1, -0.05) is 12.1 Å². The minimum absolute atomic E-state index is 0.127. The van der Waals surface area contributed by atoms with Gasteiger partial charge in [0.05, 0.1) is 16.9 Å². The molecule has 0 amide bonds. The number of rotatable bonds is 2. The second kappa shape index (κ2) is 6.10. The van der Waals surface area contributed by atoms with E-state index in [4.69, 9.17) is 12.2 Å². The Morgan fingerprint density at radius 2 is 1.59 bits per heavy atom. The first kappa shape index (κ1) is 15.9. The Balaban J connectivity index is 2.16. The first-order chi connectivity index (χ1) is 10.3. The number of phenols is 2. The standard InChI is InChI=1S/C14H11F3N2O2S/c15-14(16,17)9-3-1-2-4-10(9)18-13(22)19-11-6-5-8(20)7-12(11)21/h1-7,20-21H,(H2,18,19,22). The van der Waals surface area contributed by atoms with Gasteiger partial charge in [-0.3, -0.25) is 0 Å². The number of thiocarbonyl (C=S) groups is 1. The SMILES string of the molecule is Oc1ccc(NC(=S)Nc2ccccc2C(F)(F)F)c(O)c1. The fraction of sp³-hybridized carbons (Fsp3) is 0.0714. The zero-order valence-electron chi connectivity index (χ0n) is 11.0. The Labute approximate surface area is 129 Å². The molecule has 0 bridgehead atoms. The maximum Gasteiger partial charge on any atom is 0.418 e. The number of aromatic hydroxyl groups is 2. The lowest BCUT2D eigenvalue weighted by Gasteiger charge is -2.16. The molecular formula is C14H11F3N2O2S. The van der Waals surface area contributed by atoms with Crippen molar-refractivity contribution in [2.24, 2.45) is 0 Å². The van der Waals surface area contributed by atoms with Gasteiger partial charge >= 0.3 is 6.18 Å². The second-order valence-electron chi connectivity index (χ2n) is 4.32. The average molecular weight is 328 g/mol. The third-order valence-corrected chi connectivity index (χ3v) is 2.91. The Morgan fingerprint density at radius 3 is 2.23 bits per heavy atom. The first-order valence-corrected chi connectivity index (χ1v) is 6.44. The molecule has 0 unspecified atom stereocenters. The maximum atomic E-state index is 12.9. The molecule has 2 aromatic carbocycles. The fourth-order valence-electron chi connectivity index (χ4n) is 1.74. The summed E-state index contributed by atoms with van der Waals surface area (Å²) in [5, 5.41) is 23.6. The number of alkyl halides is 3. The molecule has 0 saturated carbocycles. The highest BCUT2D eigenvalue weighted by atomic mass is 32.1. The average Bonchev–Trinajstić information content (AvgIpc) is 2.41. The predicted octanol–water partition coefficient (Wildman–Crippen LogP) is 3.93. The van der Waals surface area contributed by atoms with E-state index in [1.807, 2.05) is 0 Å². The Kier molecular flexibility index (Phi) is 4.41. The molecule has 0 spiro atoms. The van der Waals surface area contributed by atoms with Crippen molar-refractivity contribution < 1.29 is 23.4 Å². The van der Waals surface area contributed by atoms with Crippen molar-refractivity contribution in [3.8, 4) is 11.5 Å². The van der Waals surface area contributed by atoms with Crippen molar-refractivity contribution in [2.45, 2.75) is 6.18 Å². The summed E-state index contributed by atoms with van der Waals surface area (Å²) >= 11 is 4.93. The molecular weight excluding hydrogens is 317 g/mol. The molecule has 4 nitrogen and oxygen atoms in total. The van der Waals surface area contributed by atoms with E-state index in [0.29, 0.717) is 0 Å². The molecule has 8 heteroatoms. The van der Waals surface area contributed by atoms with E-state index < -0.39 is 11.7 Å². The van der Waals surface area contributed by atoms with Crippen LogP contribution in [0.2, 0.25) is 0 Å². The number of para-hydroxylation sites is 1. The molecule has 2 aromatic rings. The minimum Gasteiger partial charge on any atom is -0.508 e. The molecule has 0 aliphatic rings. The van der Waals surface area contributed by atoms with E-state index in [1.54, 1.807) is 0 Å². The number of anilines is 2. The van der Waals surface area contributed by atoms with Gasteiger partial charge in [-0.25, -0.2) is 0 Å². The number of nitrogens with one attached hydrogen (secondary N) is 2. The molecule has 0 atom stereocenters. The van der Waals surface area contributed by atoms with Gasteiger partial charge in [0.25, 0.3) is 0 Å². The van der Waals surface area contributed by atoms with Gasteiger partial charge in [-0.05, 0) is 36.5 Å². The predicted molar refractivity (Wildman–Crippen MR) is 81.1 cm³/mol. The van der Waals surface area contributed by atoms with Crippen molar-refractivity contribution in [1.82, 2.24) is 0 Å². The van der Waals surface area contributed by atoms with Crippen LogP contribution in [0.3, 0.4) is 0 Å². The van der Waals surface area contributed by atoms with E-state index in [9.17, 15) is 23.4 Å². The summed E-state index contributed by atoms with van der Waals surface area (Å²) in [7, 11) is 0. The highest BCUT2D eigenvalue weighted by Crippen LogP contribution is 2.34. The fourth-order valence-corrected chi connectivity index (χ4v) is 1.96. The summed E-state index contributed by atoms with van der Waals surface area (Å²) in [5.41, 5.74) is -0.903. The molecule has 4 N–H and O–H groups in total. The molecule has 2 rings (SSSR count). The Hall–Kier alpha value is -2.48. The molecule has 0 saturated heterocycles. The van der Waals surface area contributed by atoms with Crippen LogP contribution in [0.5, 0.6) is 11.5 Å². The first-order valence-electron chi connectivity index (χ1n) is 6.03. The molecule has 0 heterocycles. The Bertz CT molecular complexity index is 705. The van der Waals surface area contributed by atoms with Gasteiger partial charge in [0.2, 0.25) is 0 Å². The lowest BCUT2D eigenvalue weighted by Crippen LogP contribution is -2.21. The second-order valence-corrected chi connectivity index (χ2v) is 4.73. The maximum absolute atomic E-state index is 12.9. The van der Waals surface area contributed by atoms with Gasteiger partial charge in [0.15, 0.2) is 5.11 Å². The lowest BCUT2D eigenvalue weighted by atomic mass is 10.1. The van der Waals surface area contributed by atoms with Gasteiger partial charge in [-0.2, -0.15) is 13.2 Å². The summed E-state index contributed by atoms with van der Waals surface area (Å²) < 4.78 is 38.6. The molecule has 0 fully saturated rings. The minimum atomic E-state index is -4.51. The van der Waals surface area contributed by atoms with Crippen molar-refractivity contribution in [3.63, 3.8) is 0 Å². The van der Waals surface area contributed by atoms with Crippen LogP contribution in [-0.2, 0) is 6.18 Å². The van der Waals surface area contributed by atoms with Crippen molar-refractivity contribution in [3.05, 3.63) is 48.0 Å². The quantitative estimate of drug-likeness (QED) is 0.382. The number of phenolic OH excluding ortho intramolecular Hbond substituents is 2. The third-order valence-electron chi connectivity index (χ3n) is 2.71. The van der Waals surface area contributed by atoms with E-state index >= 15 is 0 Å². The van der Waals surface area contributed by atoms with E-state index in [2.05, 4.69) is 10.6 Å². The number of benzene rings is 2. The normalized spacial score (nSPS) is 11.0. The van der Waals surface area contributed by atoms with Gasteiger partial charge < -0.3 is 20.8 Å². The lowest BCUT2D eigenvalue weighted by molar-refractivity contribution is -0.136. The van der Waals surface area contributed by atoms with E-state index in [0.717, 1.165) is 12.1 Å². The largest absolute Gasteiger partial charge is 0.508 e. The number of hydrogen-bond donors (Lipinski definition) is 4. The van der Waals surface area contributed by atoms with Crippen LogP contribution >= 0.6 is 12.2 Å². The van der Waals surface area contributed by atoms with Crippen LogP contribution in [0.4, 0.5) is 24.5 Å². The Morgan fingerprint density at radius 1 is 0.955 bits per heavy atom. The summed E-state index contributed by atoms with van der Waals surface area (Å²) in [6, 6.07) is 8.61. The topological polar surface area (TPSA) is 64.5 Å². The number of hydrogen-bond acceptors (Lipinski definition) is 3. The summed E-state index contributed by atoms with van der Waals surface area (Å²) in [6.45, 7) is 0. The molecule has 22 heavy (non-hydrogen) atoms. The zero-order chi connectivity index (χ0) is 16.3. The van der Waals surface area contributed by atoms with Crippen LogP contribution in [0, 0.1) is 0 Å². The molecule has 0 radical (unpaired) electrons. The highest BCUT2D eigenvalue weighted by Gasteiger charge is 2.33. The van der Waals surface area contributed by atoms with Crippen molar-refractivity contribution in [1.29, 1.82) is 0 Å². The van der Waals surface area contributed by atoms with Gasteiger partial charge in [0, 0.05) is 6.07 Å². The summed E-state index contributed by atoms with van der Waals surface area (Å²) in [5.74, 6) is -0.433. The van der Waals surface area contributed by atoms with Gasteiger partial charge in [-0.15, -0.1) is 0 Å². The summed E-state index contributed by atoms with van der Waals surface area (Å²) in [4.78, 5) is 0. The van der Waals surface area contributed by atoms with E-state index in [-0.39, 0.29) is 28.0 Å². The summed E-state index contributed by atoms with van der Waals surface area (Å²) in [6.07, 6.45) is -4.51. The molecule has 0 aliphatic carbocycles. The third kappa shape index (κ3) is 3.79. The van der Waals surface area contributed by atoms with Crippen LogP contribution in [0.1, 0.15) is 5.56 Å². The number of halogens is 3. The van der Waals surface area contributed by atoms with Crippen LogP contribution in [-0.4, -0.2) is 15.3 Å². The molecule has 0 aliphatic heterocycles. The zero-order valence-corrected chi connectivity index (χ0v) is 11.8. The van der Waals surface area contributed by atoms with Crippen LogP contribution < -0.4 is 10.6 Å². The van der Waals surface area contributed by atoms with Gasteiger partial charge in [0.1, 0.15) is 11.5 Å². The monoisotopic (exact) mass is 328 g/mol. The molecule has 116 valence electrons. The van der Waals surface area contributed by atoms with Crippen LogP contribution in [0.25, 0.3) is 0 Å². The highest BCUT2D eigenvalue weighted by molar-refractivity contribution is 7.80. The smallest absolute Gasteiger partial charge is 0.418 e. The van der Waals surface area contributed by atoms with E-state index in [1.165, 1.54) is 30.3 Å². The van der Waals surface area contributed by atoms with Crippen molar-refractivity contribution in [2.75, 3.05) is 10.6 Å². The molecule has 0 aromatic heterocycles.